The predicted octanol–water partition coefficient (Wildman–Crippen LogP) is 3.56. The molecule has 0 radical (unpaired) electrons. The lowest BCUT2D eigenvalue weighted by Gasteiger charge is -2.34. The SMILES string of the molecule is Cc1ccc(NC(=O)CN2C[C@H](C)C[C@@H](C)C2)cc1Cl. The van der Waals surface area contributed by atoms with Crippen LogP contribution in [0.25, 0.3) is 0 Å². The van der Waals surface area contributed by atoms with Crippen molar-refractivity contribution in [2.24, 2.45) is 11.8 Å². The zero-order chi connectivity index (χ0) is 14.7. The molecule has 1 amide bonds. The van der Waals surface area contributed by atoms with Gasteiger partial charge >= 0.3 is 0 Å². The van der Waals surface area contributed by atoms with Gasteiger partial charge in [0.25, 0.3) is 0 Å². The predicted molar refractivity (Wildman–Crippen MR) is 84.2 cm³/mol. The Balaban J connectivity index is 1.90. The van der Waals surface area contributed by atoms with Gasteiger partial charge in [-0.1, -0.05) is 31.5 Å². The molecule has 1 heterocycles. The van der Waals surface area contributed by atoms with E-state index in [1.165, 1.54) is 6.42 Å². The summed E-state index contributed by atoms with van der Waals surface area (Å²) in [6.45, 7) is 8.92. The minimum Gasteiger partial charge on any atom is -0.325 e. The highest BCUT2D eigenvalue weighted by Gasteiger charge is 2.23. The molecular weight excluding hydrogens is 272 g/mol. The molecule has 1 fully saturated rings. The molecule has 1 aliphatic rings. The van der Waals surface area contributed by atoms with E-state index in [4.69, 9.17) is 11.6 Å². The van der Waals surface area contributed by atoms with Crippen LogP contribution in [-0.4, -0.2) is 30.4 Å². The van der Waals surface area contributed by atoms with E-state index >= 15 is 0 Å². The molecule has 2 rings (SSSR count). The van der Waals surface area contributed by atoms with Gasteiger partial charge in [-0.25, -0.2) is 0 Å². The molecule has 20 heavy (non-hydrogen) atoms. The molecule has 110 valence electrons. The number of hydrogen-bond acceptors (Lipinski definition) is 2. The quantitative estimate of drug-likeness (QED) is 0.924. The van der Waals surface area contributed by atoms with Crippen molar-refractivity contribution in [2.75, 3.05) is 25.0 Å². The largest absolute Gasteiger partial charge is 0.325 e. The van der Waals surface area contributed by atoms with E-state index in [0.29, 0.717) is 23.4 Å². The number of nitrogens with zero attached hydrogens (tertiary/aromatic N) is 1. The van der Waals surface area contributed by atoms with Crippen molar-refractivity contribution < 1.29 is 4.79 Å². The van der Waals surface area contributed by atoms with Crippen molar-refractivity contribution in [3.8, 4) is 0 Å². The Hall–Kier alpha value is -1.06. The van der Waals surface area contributed by atoms with Crippen LogP contribution in [0.1, 0.15) is 25.8 Å². The number of hydrogen-bond donors (Lipinski definition) is 1. The fourth-order valence-electron chi connectivity index (χ4n) is 3.00. The minimum absolute atomic E-state index is 0.0335. The lowest BCUT2D eigenvalue weighted by atomic mass is 9.92. The van der Waals surface area contributed by atoms with E-state index in [0.717, 1.165) is 24.3 Å². The molecule has 0 bridgehead atoms. The Morgan fingerprint density at radius 1 is 1.35 bits per heavy atom. The first-order valence-corrected chi connectivity index (χ1v) is 7.60. The maximum Gasteiger partial charge on any atom is 0.238 e. The summed E-state index contributed by atoms with van der Waals surface area (Å²) < 4.78 is 0. The Morgan fingerprint density at radius 2 is 2.00 bits per heavy atom. The van der Waals surface area contributed by atoms with Crippen LogP contribution in [0.4, 0.5) is 5.69 Å². The lowest BCUT2D eigenvalue weighted by molar-refractivity contribution is -0.117. The zero-order valence-corrected chi connectivity index (χ0v) is 13.2. The number of carbonyl (C=O) groups excluding carboxylic acids is 1. The second-order valence-corrected chi connectivity index (χ2v) is 6.56. The molecule has 1 aliphatic heterocycles. The molecular formula is C16H23ClN2O. The number of nitrogens with one attached hydrogen (secondary N) is 1. The minimum atomic E-state index is 0.0335. The zero-order valence-electron chi connectivity index (χ0n) is 12.4. The van der Waals surface area contributed by atoms with Gasteiger partial charge in [0.2, 0.25) is 5.91 Å². The summed E-state index contributed by atoms with van der Waals surface area (Å²) in [4.78, 5) is 14.3. The van der Waals surface area contributed by atoms with Crippen molar-refractivity contribution in [1.29, 1.82) is 0 Å². The van der Waals surface area contributed by atoms with Gasteiger partial charge in [-0.3, -0.25) is 9.69 Å². The summed E-state index contributed by atoms with van der Waals surface area (Å²) in [7, 11) is 0. The fraction of sp³-hybridized carbons (Fsp3) is 0.562. The van der Waals surface area contributed by atoms with E-state index in [2.05, 4.69) is 24.1 Å². The van der Waals surface area contributed by atoms with Crippen molar-refractivity contribution in [3.05, 3.63) is 28.8 Å². The summed E-state index contributed by atoms with van der Waals surface area (Å²) in [5, 5.41) is 3.61. The lowest BCUT2D eigenvalue weighted by Crippen LogP contribution is -2.42. The number of piperidine rings is 1. The van der Waals surface area contributed by atoms with Crippen LogP contribution < -0.4 is 5.32 Å². The van der Waals surface area contributed by atoms with E-state index in [-0.39, 0.29) is 5.91 Å². The fourth-order valence-corrected chi connectivity index (χ4v) is 3.18. The number of aryl methyl sites for hydroxylation is 1. The van der Waals surface area contributed by atoms with Gasteiger partial charge in [-0.05, 0) is 42.9 Å². The topological polar surface area (TPSA) is 32.3 Å². The van der Waals surface area contributed by atoms with Gasteiger partial charge in [0.15, 0.2) is 0 Å². The molecule has 2 atom stereocenters. The molecule has 0 spiro atoms. The van der Waals surface area contributed by atoms with Gasteiger partial charge in [0, 0.05) is 23.8 Å². The third-order valence-corrected chi connectivity index (χ3v) is 4.17. The summed E-state index contributed by atoms with van der Waals surface area (Å²) >= 11 is 6.07. The highest BCUT2D eigenvalue weighted by molar-refractivity contribution is 6.31. The Bertz CT molecular complexity index is 479. The van der Waals surface area contributed by atoms with Crippen LogP contribution in [0.15, 0.2) is 18.2 Å². The van der Waals surface area contributed by atoms with Gasteiger partial charge in [0.05, 0.1) is 6.54 Å². The van der Waals surface area contributed by atoms with E-state index in [1.807, 2.05) is 19.1 Å². The molecule has 3 nitrogen and oxygen atoms in total. The molecule has 1 aromatic carbocycles. The number of rotatable bonds is 3. The Morgan fingerprint density at radius 3 is 2.60 bits per heavy atom. The second-order valence-electron chi connectivity index (χ2n) is 6.15. The number of anilines is 1. The van der Waals surface area contributed by atoms with Gasteiger partial charge in [-0.15, -0.1) is 0 Å². The van der Waals surface area contributed by atoms with Gasteiger partial charge in [0.1, 0.15) is 0 Å². The standard InChI is InChI=1S/C16H23ClN2O/c1-11-6-12(2)9-19(8-11)10-16(20)18-14-5-4-13(3)15(17)7-14/h4-5,7,11-12H,6,8-10H2,1-3H3,(H,18,20)/t11-,12-/m1/s1. The third kappa shape index (κ3) is 4.22. The normalized spacial score (nSPS) is 23.6. The van der Waals surface area contributed by atoms with Crippen molar-refractivity contribution in [1.82, 2.24) is 4.90 Å². The molecule has 4 heteroatoms. The first-order valence-electron chi connectivity index (χ1n) is 7.22. The molecule has 0 saturated carbocycles. The number of likely N-dealkylation sites (tertiary alicyclic amines) is 1. The Kier molecular flexibility index (Phi) is 5.06. The highest BCUT2D eigenvalue weighted by Crippen LogP contribution is 2.22. The number of amides is 1. The summed E-state index contributed by atoms with van der Waals surface area (Å²) in [5.41, 5.74) is 1.78. The monoisotopic (exact) mass is 294 g/mol. The van der Waals surface area contributed by atoms with E-state index in [1.54, 1.807) is 6.07 Å². The van der Waals surface area contributed by atoms with Crippen LogP contribution in [0.5, 0.6) is 0 Å². The van der Waals surface area contributed by atoms with Crippen LogP contribution in [0.2, 0.25) is 5.02 Å². The molecule has 1 saturated heterocycles. The molecule has 1 N–H and O–H groups in total. The van der Waals surface area contributed by atoms with E-state index in [9.17, 15) is 4.79 Å². The summed E-state index contributed by atoms with van der Waals surface area (Å²) in [6, 6.07) is 5.61. The summed E-state index contributed by atoms with van der Waals surface area (Å²) in [5.74, 6) is 1.37. The van der Waals surface area contributed by atoms with Crippen molar-refractivity contribution >= 4 is 23.2 Å². The number of halogens is 1. The first-order chi connectivity index (χ1) is 9.44. The summed E-state index contributed by atoms with van der Waals surface area (Å²) in [6.07, 6.45) is 1.26. The van der Waals surface area contributed by atoms with Crippen LogP contribution >= 0.6 is 11.6 Å². The number of carbonyl (C=O) groups is 1. The highest BCUT2D eigenvalue weighted by atomic mass is 35.5. The smallest absolute Gasteiger partial charge is 0.238 e. The number of benzene rings is 1. The van der Waals surface area contributed by atoms with Crippen molar-refractivity contribution in [2.45, 2.75) is 27.2 Å². The average molecular weight is 295 g/mol. The average Bonchev–Trinajstić information content (AvgIpc) is 2.32. The molecule has 0 aliphatic carbocycles. The molecule has 0 unspecified atom stereocenters. The Labute approximate surface area is 126 Å². The van der Waals surface area contributed by atoms with Gasteiger partial charge in [-0.2, -0.15) is 0 Å². The van der Waals surface area contributed by atoms with Gasteiger partial charge < -0.3 is 5.32 Å². The maximum atomic E-state index is 12.1. The van der Waals surface area contributed by atoms with E-state index < -0.39 is 0 Å². The van der Waals surface area contributed by atoms with Crippen LogP contribution in [-0.2, 0) is 4.79 Å². The maximum absolute atomic E-state index is 12.1. The second kappa shape index (κ2) is 6.59. The van der Waals surface area contributed by atoms with Crippen LogP contribution in [0, 0.1) is 18.8 Å². The first kappa shape index (κ1) is 15.3. The van der Waals surface area contributed by atoms with Crippen LogP contribution in [0.3, 0.4) is 0 Å². The van der Waals surface area contributed by atoms with Crippen molar-refractivity contribution in [3.63, 3.8) is 0 Å². The molecule has 1 aromatic rings. The molecule has 0 aromatic heterocycles. The third-order valence-electron chi connectivity index (χ3n) is 3.77.